The first-order chi connectivity index (χ1) is 28.0. The molecule has 0 spiro atoms. The molecule has 1 saturated carbocycles. The highest BCUT2D eigenvalue weighted by molar-refractivity contribution is 5.68. The van der Waals surface area contributed by atoms with Crippen molar-refractivity contribution in [3.05, 3.63) is 159 Å². The minimum atomic E-state index is 0.241. The van der Waals surface area contributed by atoms with Crippen molar-refractivity contribution in [3.8, 4) is 0 Å². The van der Waals surface area contributed by atoms with Crippen molar-refractivity contribution < 1.29 is 0 Å². The van der Waals surface area contributed by atoms with Gasteiger partial charge in [0.1, 0.15) is 0 Å². The van der Waals surface area contributed by atoms with Crippen molar-refractivity contribution in [2.24, 2.45) is 22.7 Å². The lowest BCUT2D eigenvalue weighted by molar-refractivity contribution is 0.493. The summed E-state index contributed by atoms with van der Waals surface area (Å²) in [7, 11) is 0. The van der Waals surface area contributed by atoms with E-state index in [0.717, 1.165) is 32.1 Å². The van der Waals surface area contributed by atoms with Crippen LogP contribution in [0.25, 0.3) is 0 Å². The topological polar surface area (TPSA) is 0 Å². The smallest absolute Gasteiger partial charge is 0.00577 e. The molecule has 0 heterocycles. The van der Waals surface area contributed by atoms with Gasteiger partial charge >= 0.3 is 0 Å². The zero-order chi connectivity index (χ0) is 41.7. The van der Waals surface area contributed by atoms with E-state index in [0.29, 0.717) is 11.8 Å². The molecule has 0 saturated heterocycles. The zero-order valence-corrected chi connectivity index (χ0v) is 39.2. The predicted octanol–water partition coefficient (Wildman–Crippen LogP) is 17.3. The highest BCUT2D eigenvalue weighted by Crippen LogP contribution is 2.53. The molecule has 0 bridgehead atoms. The van der Waals surface area contributed by atoms with Crippen molar-refractivity contribution in [1.29, 1.82) is 0 Å². The van der Waals surface area contributed by atoms with Crippen molar-refractivity contribution in [1.82, 2.24) is 0 Å². The maximum atomic E-state index is 2.68. The molecule has 0 aromatic carbocycles. The highest BCUT2D eigenvalue weighted by Gasteiger charge is 2.38. The first-order valence-corrected chi connectivity index (χ1v) is 23.8. The van der Waals surface area contributed by atoms with Crippen LogP contribution < -0.4 is 0 Å². The van der Waals surface area contributed by atoms with Gasteiger partial charge in [0.25, 0.3) is 0 Å². The second-order valence-corrected chi connectivity index (χ2v) is 22.6. The van der Waals surface area contributed by atoms with Gasteiger partial charge in [-0.2, -0.15) is 0 Å². The van der Waals surface area contributed by atoms with Crippen molar-refractivity contribution >= 4 is 0 Å². The van der Waals surface area contributed by atoms with Gasteiger partial charge in [0.05, 0.1) is 0 Å². The third-order valence-electron chi connectivity index (χ3n) is 16.3. The molecule has 9 aliphatic rings. The number of rotatable bonds is 8. The van der Waals surface area contributed by atoms with E-state index in [2.05, 4.69) is 120 Å². The SMILES string of the molecule is CC1=C(C2=C(C3=C(C)CC(C4=CC(C5CCCC5C5=C(C)CC(C(C)(C)C)=C5)=C(C)C4)=C3)CCC2)C=C(C2=CC(C3=C(C4=C(C)CC(C(C)(C)C)=C4)CCC3)=C(C)C2)C1. The van der Waals surface area contributed by atoms with Crippen LogP contribution in [-0.2, 0) is 0 Å². The van der Waals surface area contributed by atoms with E-state index < -0.39 is 0 Å². The van der Waals surface area contributed by atoms with Crippen molar-refractivity contribution in [3.63, 3.8) is 0 Å². The normalized spacial score (nSPS) is 27.1. The molecule has 0 radical (unpaired) electrons. The third kappa shape index (κ3) is 7.35. The van der Waals surface area contributed by atoms with E-state index in [1.807, 2.05) is 0 Å². The number of hydrogen-bond acceptors (Lipinski definition) is 0. The summed E-state index contributed by atoms with van der Waals surface area (Å²) >= 11 is 0. The maximum Gasteiger partial charge on any atom is -0.00577 e. The Kier molecular flexibility index (Phi) is 10.4. The molecule has 0 aliphatic heterocycles. The molecule has 2 unspecified atom stereocenters. The Morgan fingerprint density at radius 2 is 0.678 bits per heavy atom. The molecule has 0 heteroatoms. The maximum absolute atomic E-state index is 2.68. The fourth-order valence-electron chi connectivity index (χ4n) is 12.8. The summed E-state index contributed by atoms with van der Waals surface area (Å²) in [5, 5.41) is 0. The lowest BCUT2D eigenvalue weighted by Crippen LogP contribution is -2.12. The Balaban J connectivity index is 0.946. The second-order valence-electron chi connectivity index (χ2n) is 22.6. The van der Waals surface area contributed by atoms with E-state index in [1.165, 1.54) is 64.2 Å². The molecule has 310 valence electrons. The van der Waals surface area contributed by atoms with Gasteiger partial charge in [-0.05, 0) is 232 Å². The molecule has 0 N–H and O–H groups in total. The summed E-state index contributed by atoms with van der Waals surface area (Å²) < 4.78 is 0. The van der Waals surface area contributed by atoms with Gasteiger partial charge in [-0.25, -0.2) is 0 Å². The van der Waals surface area contributed by atoms with Crippen LogP contribution in [0, 0.1) is 22.7 Å². The molecule has 0 amide bonds. The molecule has 9 aliphatic carbocycles. The summed E-state index contributed by atoms with van der Waals surface area (Å²) in [6, 6.07) is 0. The minimum Gasteiger partial charge on any atom is -0.0657 e. The summed E-state index contributed by atoms with van der Waals surface area (Å²) in [5.74, 6) is 1.37. The van der Waals surface area contributed by atoms with Gasteiger partial charge in [0, 0.05) is 0 Å². The van der Waals surface area contributed by atoms with Gasteiger partial charge in [0.15, 0.2) is 0 Å². The van der Waals surface area contributed by atoms with Crippen LogP contribution in [0.5, 0.6) is 0 Å². The minimum absolute atomic E-state index is 0.241. The molecule has 9 rings (SSSR count). The largest absolute Gasteiger partial charge is 0.0657 e. The fraction of sp³-hybridized carbons (Fsp3) is 0.525. The third-order valence-corrected chi connectivity index (χ3v) is 16.3. The van der Waals surface area contributed by atoms with E-state index >= 15 is 0 Å². The molecule has 59 heavy (non-hydrogen) atoms. The lowest BCUT2D eigenvalue weighted by Gasteiger charge is -2.23. The van der Waals surface area contributed by atoms with E-state index in [1.54, 1.807) is 123 Å². The zero-order valence-electron chi connectivity index (χ0n) is 39.2. The monoisotopic (exact) mass is 783 g/mol. The van der Waals surface area contributed by atoms with Crippen LogP contribution in [0.4, 0.5) is 0 Å². The first-order valence-electron chi connectivity index (χ1n) is 23.8. The van der Waals surface area contributed by atoms with Crippen LogP contribution in [0.1, 0.15) is 179 Å². The summed E-state index contributed by atoms with van der Waals surface area (Å²) in [4.78, 5) is 0. The average molecular weight is 783 g/mol. The molecule has 0 nitrogen and oxygen atoms in total. The molecule has 1 fully saturated rings. The first kappa shape index (κ1) is 40.7. The molecular formula is C59H74. The average Bonchev–Trinajstić information content (AvgIpc) is 3.99. The Morgan fingerprint density at radius 1 is 0.356 bits per heavy atom. The fourth-order valence-corrected chi connectivity index (χ4v) is 12.8. The molecule has 0 aromatic heterocycles. The highest BCUT2D eigenvalue weighted by atomic mass is 14.4. The quantitative estimate of drug-likeness (QED) is 0.230. The van der Waals surface area contributed by atoms with Gasteiger partial charge < -0.3 is 0 Å². The van der Waals surface area contributed by atoms with Crippen LogP contribution >= 0.6 is 0 Å². The molecule has 0 aromatic rings. The summed E-state index contributed by atoms with van der Waals surface area (Å²) in [6.45, 7) is 28.9. The van der Waals surface area contributed by atoms with Crippen LogP contribution in [-0.4, -0.2) is 0 Å². The Morgan fingerprint density at radius 3 is 1.08 bits per heavy atom. The van der Waals surface area contributed by atoms with Gasteiger partial charge in [-0.1, -0.05) is 129 Å². The van der Waals surface area contributed by atoms with E-state index in [9.17, 15) is 0 Å². The van der Waals surface area contributed by atoms with E-state index in [4.69, 9.17) is 0 Å². The van der Waals surface area contributed by atoms with Gasteiger partial charge in [0.2, 0.25) is 0 Å². The van der Waals surface area contributed by atoms with Gasteiger partial charge in [-0.15, -0.1) is 0 Å². The predicted molar refractivity (Wildman–Crippen MR) is 254 cm³/mol. The van der Waals surface area contributed by atoms with Crippen LogP contribution in [0.2, 0.25) is 0 Å². The van der Waals surface area contributed by atoms with Crippen molar-refractivity contribution in [2.75, 3.05) is 0 Å². The molecule has 2 atom stereocenters. The Labute approximate surface area is 359 Å². The van der Waals surface area contributed by atoms with Gasteiger partial charge in [-0.3, -0.25) is 0 Å². The second kappa shape index (κ2) is 15.1. The number of allylic oxidation sites excluding steroid dienone is 28. The van der Waals surface area contributed by atoms with E-state index in [-0.39, 0.29) is 10.8 Å². The summed E-state index contributed by atoms with van der Waals surface area (Å²) in [6.07, 6.45) is 34.1. The van der Waals surface area contributed by atoms with Crippen molar-refractivity contribution in [2.45, 2.75) is 179 Å². The van der Waals surface area contributed by atoms with Crippen LogP contribution in [0.3, 0.4) is 0 Å². The molecular weight excluding hydrogens is 709 g/mol. The lowest BCUT2D eigenvalue weighted by atomic mass is 9.81. The summed E-state index contributed by atoms with van der Waals surface area (Å²) in [5.41, 5.74) is 36.0. The Hall–Kier alpha value is -3.64. The Bertz CT molecular complexity index is 2380. The van der Waals surface area contributed by atoms with Crippen LogP contribution in [0.15, 0.2) is 159 Å². The standard InChI is InChI=1S/C59H74/c1-34-22-40(42-24-36(3)54(30-42)48-18-14-20-50(48)56-32-44(26-38(56)5)58(7,8)9)28-52(34)46-16-13-17-47(46)53-29-41(23-35(53)2)43-25-37(4)55(31-43)49-19-15-21-51(49)57-33-45(27-39(57)6)59(10,11)12/h28-33,48,50H,13-27H2,1-12H3. The number of hydrogen-bond donors (Lipinski definition) is 0.